The van der Waals surface area contributed by atoms with Crippen LogP contribution in [0.4, 0.5) is 0 Å². The lowest BCUT2D eigenvalue weighted by molar-refractivity contribution is -0.122. The van der Waals surface area contributed by atoms with Gasteiger partial charge in [0, 0.05) is 13.1 Å². The maximum absolute atomic E-state index is 12.7. The smallest absolute Gasteiger partial charge is 0.266 e. The van der Waals surface area contributed by atoms with Crippen LogP contribution >= 0.6 is 11.8 Å². The van der Waals surface area contributed by atoms with Crippen molar-refractivity contribution in [2.45, 2.75) is 20.8 Å². The Hall–Kier alpha value is -2.93. The third-order valence-corrected chi connectivity index (χ3v) is 5.46. The summed E-state index contributed by atoms with van der Waals surface area (Å²) in [6.45, 7) is 8.43. The van der Waals surface area contributed by atoms with Crippen LogP contribution in [0.1, 0.15) is 26.3 Å². The highest BCUT2D eigenvalue weighted by molar-refractivity contribution is 8.18. The van der Waals surface area contributed by atoms with Crippen LogP contribution in [-0.4, -0.2) is 48.9 Å². The van der Waals surface area contributed by atoms with Crippen molar-refractivity contribution in [3.8, 4) is 17.2 Å². The van der Waals surface area contributed by atoms with Gasteiger partial charge in [0.2, 0.25) is 0 Å². The molecule has 1 amide bonds. The Bertz CT molecular complexity index is 944. The van der Waals surface area contributed by atoms with Gasteiger partial charge in [0.1, 0.15) is 19.0 Å². The zero-order valence-electron chi connectivity index (χ0n) is 18.2. The van der Waals surface area contributed by atoms with Crippen LogP contribution in [0.3, 0.4) is 0 Å². The van der Waals surface area contributed by atoms with E-state index in [1.54, 1.807) is 4.90 Å². The van der Waals surface area contributed by atoms with Gasteiger partial charge in [-0.2, -0.15) is 0 Å². The quantitative estimate of drug-likeness (QED) is 0.390. The molecule has 1 saturated heterocycles. The SMILES string of the molecule is CCN=C1S/C(=C\c2ccc(OCCOc3ccccc3)c(OCC)c2)C(=O)N1CC. The van der Waals surface area contributed by atoms with E-state index in [9.17, 15) is 4.79 Å². The fourth-order valence-electron chi connectivity index (χ4n) is 3.02. The Morgan fingerprint density at radius 1 is 0.968 bits per heavy atom. The molecule has 0 bridgehead atoms. The summed E-state index contributed by atoms with van der Waals surface area (Å²) in [5.41, 5.74) is 0.876. The molecule has 0 aliphatic carbocycles. The van der Waals surface area contributed by atoms with Gasteiger partial charge in [0.15, 0.2) is 16.7 Å². The minimum atomic E-state index is -0.0175. The largest absolute Gasteiger partial charge is 0.490 e. The van der Waals surface area contributed by atoms with E-state index >= 15 is 0 Å². The van der Waals surface area contributed by atoms with E-state index in [4.69, 9.17) is 14.2 Å². The lowest BCUT2D eigenvalue weighted by Gasteiger charge is -2.13. The first-order chi connectivity index (χ1) is 15.2. The molecule has 7 heteroatoms. The molecule has 1 heterocycles. The maximum Gasteiger partial charge on any atom is 0.266 e. The number of likely N-dealkylation sites (N-methyl/N-ethyl adjacent to an activating group) is 1. The summed E-state index contributed by atoms with van der Waals surface area (Å²) in [6.07, 6.45) is 1.87. The zero-order chi connectivity index (χ0) is 22.1. The van der Waals surface area contributed by atoms with Gasteiger partial charge in [-0.15, -0.1) is 0 Å². The number of benzene rings is 2. The summed E-state index contributed by atoms with van der Waals surface area (Å²) in [5, 5.41) is 0.754. The summed E-state index contributed by atoms with van der Waals surface area (Å²) in [6, 6.07) is 15.3. The van der Waals surface area contributed by atoms with Crippen LogP contribution in [0.2, 0.25) is 0 Å². The molecule has 6 nitrogen and oxygen atoms in total. The number of para-hydroxylation sites is 1. The van der Waals surface area contributed by atoms with Gasteiger partial charge in [-0.3, -0.25) is 14.7 Å². The lowest BCUT2D eigenvalue weighted by atomic mass is 10.2. The number of nitrogens with zero attached hydrogens (tertiary/aromatic N) is 2. The Balaban J connectivity index is 1.69. The van der Waals surface area contributed by atoms with Gasteiger partial charge < -0.3 is 14.2 Å². The number of ether oxygens (including phenoxy) is 3. The maximum atomic E-state index is 12.7. The summed E-state index contributed by atoms with van der Waals surface area (Å²) in [7, 11) is 0. The Kier molecular flexibility index (Phi) is 8.41. The third kappa shape index (κ3) is 6.04. The second-order valence-corrected chi connectivity index (χ2v) is 7.58. The molecule has 1 aliphatic heterocycles. The zero-order valence-corrected chi connectivity index (χ0v) is 19.0. The van der Waals surface area contributed by atoms with Crippen molar-refractivity contribution in [3.63, 3.8) is 0 Å². The van der Waals surface area contributed by atoms with Gasteiger partial charge in [0.25, 0.3) is 5.91 Å². The van der Waals surface area contributed by atoms with Crippen LogP contribution in [-0.2, 0) is 4.79 Å². The molecule has 0 N–H and O–H groups in total. The Morgan fingerprint density at radius 3 is 2.45 bits per heavy atom. The average Bonchev–Trinajstić information content (AvgIpc) is 3.07. The van der Waals surface area contributed by atoms with E-state index in [0.717, 1.165) is 16.5 Å². The number of amidine groups is 1. The molecule has 1 fully saturated rings. The van der Waals surface area contributed by atoms with Crippen molar-refractivity contribution in [3.05, 3.63) is 59.0 Å². The highest BCUT2D eigenvalue weighted by Gasteiger charge is 2.31. The van der Waals surface area contributed by atoms with Crippen LogP contribution in [0.5, 0.6) is 17.2 Å². The highest BCUT2D eigenvalue weighted by atomic mass is 32.2. The van der Waals surface area contributed by atoms with Gasteiger partial charge in [-0.1, -0.05) is 24.3 Å². The summed E-state index contributed by atoms with van der Waals surface area (Å²) < 4.78 is 17.3. The number of amides is 1. The second kappa shape index (κ2) is 11.5. The third-order valence-electron chi connectivity index (χ3n) is 4.42. The normalized spacial score (nSPS) is 16.2. The van der Waals surface area contributed by atoms with Gasteiger partial charge >= 0.3 is 0 Å². The molecule has 0 unspecified atom stereocenters. The van der Waals surface area contributed by atoms with Gasteiger partial charge in [0.05, 0.1) is 11.5 Å². The predicted octanol–water partition coefficient (Wildman–Crippen LogP) is 4.86. The van der Waals surface area contributed by atoms with Crippen molar-refractivity contribution < 1.29 is 19.0 Å². The molecule has 31 heavy (non-hydrogen) atoms. The van der Waals surface area contributed by atoms with Crippen molar-refractivity contribution in [1.82, 2.24) is 4.90 Å². The first-order valence-corrected chi connectivity index (χ1v) is 11.3. The Labute approximate surface area is 187 Å². The number of thioether (sulfide) groups is 1. The van der Waals surface area contributed by atoms with Crippen molar-refractivity contribution in [2.75, 3.05) is 32.9 Å². The predicted molar refractivity (Wildman–Crippen MR) is 126 cm³/mol. The average molecular weight is 441 g/mol. The molecule has 0 saturated carbocycles. The molecule has 3 rings (SSSR count). The molecule has 2 aromatic carbocycles. The number of hydrogen-bond acceptors (Lipinski definition) is 6. The molecule has 0 aromatic heterocycles. The van der Waals surface area contributed by atoms with Crippen molar-refractivity contribution in [2.24, 2.45) is 4.99 Å². The number of carbonyl (C=O) groups excluding carboxylic acids is 1. The summed E-state index contributed by atoms with van der Waals surface area (Å²) >= 11 is 1.41. The lowest BCUT2D eigenvalue weighted by Crippen LogP contribution is -2.28. The topological polar surface area (TPSA) is 60.4 Å². The van der Waals surface area contributed by atoms with E-state index in [1.807, 2.05) is 75.4 Å². The van der Waals surface area contributed by atoms with Crippen LogP contribution < -0.4 is 14.2 Å². The molecular weight excluding hydrogens is 412 g/mol. The standard InChI is InChI=1S/C24H28N2O4S/c1-4-25-24-26(5-2)23(27)22(31-24)17-18-12-13-20(21(16-18)28-6-3)30-15-14-29-19-10-8-7-9-11-19/h7-13,16-17H,4-6,14-15H2,1-3H3/b22-17-,25-24?. The first-order valence-electron chi connectivity index (χ1n) is 10.5. The first kappa shape index (κ1) is 22.7. The number of rotatable bonds is 10. The van der Waals surface area contributed by atoms with E-state index < -0.39 is 0 Å². The molecule has 2 aromatic rings. The number of carbonyl (C=O) groups is 1. The van der Waals surface area contributed by atoms with E-state index in [1.165, 1.54) is 11.8 Å². The molecule has 0 radical (unpaired) electrons. The van der Waals surface area contributed by atoms with Gasteiger partial charge in [-0.05, 0) is 68.4 Å². The molecular formula is C24H28N2O4S. The molecule has 164 valence electrons. The summed E-state index contributed by atoms with van der Waals surface area (Å²) in [4.78, 5) is 19.5. The monoisotopic (exact) mass is 440 g/mol. The molecule has 0 spiro atoms. The van der Waals surface area contributed by atoms with Crippen LogP contribution in [0.25, 0.3) is 6.08 Å². The summed E-state index contributed by atoms with van der Waals surface area (Å²) in [5.74, 6) is 2.08. The van der Waals surface area contributed by atoms with Crippen LogP contribution in [0.15, 0.2) is 58.4 Å². The van der Waals surface area contributed by atoms with Crippen molar-refractivity contribution >= 4 is 28.9 Å². The fourth-order valence-corrected chi connectivity index (χ4v) is 4.13. The molecule has 0 atom stereocenters. The number of aliphatic imine (C=N–C) groups is 1. The van der Waals surface area contributed by atoms with Crippen LogP contribution in [0, 0.1) is 0 Å². The van der Waals surface area contributed by atoms with E-state index in [2.05, 4.69) is 4.99 Å². The number of hydrogen-bond donors (Lipinski definition) is 0. The van der Waals surface area contributed by atoms with E-state index in [0.29, 0.717) is 49.3 Å². The van der Waals surface area contributed by atoms with E-state index in [-0.39, 0.29) is 5.91 Å². The Morgan fingerprint density at radius 2 is 1.74 bits per heavy atom. The molecule has 1 aliphatic rings. The fraction of sp³-hybridized carbons (Fsp3) is 0.333. The second-order valence-electron chi connectivity index (χ2n) is 6.57. The minimum absolute atomic E-state index is 0.0175. The highest BCUT2D eigenvalue weighted by Crippen LogP contribution is 2.34. The minimum Gasteiger partial charge on any atom is -0.490 e. The van der Waals surface area contributed by atoms with Gasteiger partial charge in [-0.25, -0.2) is 0 Å². The van der Waals surface area contributed by atoms with Crippen molar-refractivity contribution in [1.29, 1.82) is 0 Å².